The molecule has 1 aliphatic rings. The molecule has 33 heavy (non-hydrogen) atoms. The third-order valence-corrected chi connectivity index (χ3v) is 5.74. The Morgan fingerprint density at radius 2 is 1.94 bits per heavy atom. The standard InChI is InChI=1S/C23H27F3N4O3/c1-14-6-5-7-17(21(14)28(3)10-11-31)29(4)22(33)18-8-9-20(32)30(18)19-13-16(23(24,25)26)12-15(2)27-19/h5-7,12-13,18,31H,8-11H2,1-4H3/t18-/m0/s1. The number of likely N-dealkylation sites (N-methyl/N-ethyl adjacent to an activating group) is 2. The van der Waals surface area contributed by atoms with Crippen molar-refractivity contribution in [1.29, 1.82) is 0 Å². The van der Waals surface area contributed by atoms with E-state index in [1.807, 2.05) is 17.9 Å². The fraction of sp³-hybridized carbons (Fsp3) is 0.435. The minimum atomic E-state index is -4.60. The number of carbonyl (C=O) groups excluding carboxylic acids is 2. The quantitative estimate of drug-likeness (QED) is 0.710. The molecule has 2 heterocycles. The molecule has 0 aliphatic carbocycles. The molecule has 1 atom stereocenters. The number of alkyl halides is 3. The van der Waals surface area contributed by atoms with Crippen LogP contribution >= 0.6 is 0 Å². The van der Waals surface area contributed by atoms with Crippen molar-refractivity contribution in [2.45, 2.75) is 38.9 Å². The van der Waals surface area contributed by atoms with Crippen LogP contribution in [-0.4, -0.2) is 55.2 Å². The van der Waals surface area contributed by atoms with Crippen LogP contribution in [0.25, 0.3) is 0 Å². The zero-order chi connectivity index (χ0) is 24.5. The van der Waals surface area contributed by atoms with Gasteiger partial charge in [-0.2, -0.15) is 13.2 Å². The summed E-state index contributed by atoms with van der Waals surface area (Å²) in [5, 5.41) is 9.34. The van der Waals surface area contributed by atoms with Crippen LogP contribution in [0, 0.1) is 13.8 Å². The van der Waals surface area contributed by atoms with E-state index in [1.54, 1.807) is 26.2 Å². The monoisotopic (exact) mass is 464 g/mol. The first-order chi connectivity index (χ1) is 15.5. The highest BCUT2D eigenvalue weighted by molar-refractivity contribution is 6.09. The van der Waals surface area contributed by atoms with Gasteiger partial charge in [0, 0.05) is 32.8 Å². The lowest BCUT2D eigenvalue weighted by atomic mass is 10.1. The number of rotatable bonds is 6. The maximum atomic E-state index is 13.5. The average molecular weight is 464 g/mol. The van der Waals surface area contributed by atoms with E-state index < -0.39 is 29.6 Å². The van der Waals surface area contributed by atoms with E-state index in [9.17, 15) is 27.9 Å². The molecular formula is C23H27F3N4O3. The first kappa shape index (κ1) is 24.5. The number of carbonyl (C=O) groups is 2. The summed E-state index contributed by atoms with van der Waals surface area (Å²) in [6, 6.07) is 6.16. The molecule has 1 fully saturated rings. The number of hydrogen-bond acceptors (Lipinski definition) is 5. The summed E-state index contributed by atoms with van der Waals surface area (Å²) >= 11 is 0. The Labute approximate surface area is 190 Å². The van der Waals surface area contributed by atoms with E-state index in [4.69, 9.17) is 0 Å². The van der Waals surface area contributed by atoms with Crippen molar-refractivity contribution < 1.29 is 27.9 Å². The molecule has 0 radical (unpaired) electrons. The molecule has 0 unspecified atom stereocenters. The number of hydrogen-bond donors (Lipinski definition) is 1. The minimum Gasteiger partial charge on any atom is -0.395 e. The number of anilines is 3. The predicted octanol–water partition coefficient (Wildman–Crippen LogP) is 3.30. The summed E-state index contributed by atoms with van der Waals surface area (Å²) in [6.07, 6.45) is -4.39. The summed E-state index contributed by atoms with van der Waals surface area (Å²) in [5.74, 6) is -1.06. The second-order valence-corrected chi connectivity index (χ2v) is 8.16. The van der Waals surface area contributed by atoms with E-state index >= 15 is 0 Å². The van der Waals surface area contributed by atoms with Gasteiger partial charge in [0.2, 0.25) is 11.8 Å². The predicted molar refractivity (Wildman–Crippen MR) is 119 cm³/mol. The molecule has 0 saturated carbocycles. The van der Waals surface area contributed by atoms with Crippen LogP contribution in [0.15, 0.2) is 30.3 Å². The number of aromatic nitrogens is 1. The molecule has 7 nitrogen and oxygen atoms in total. The zero-order valence-electron chi connectivity index (χ0n) is 19.0. The second-order valence-electron chi connectivity index (χ2n) is 8.16. The number of benzene rings is 1. The molecule has 0 bridgehead atoms. The van der Waals surface area contributed by atoms with Crippen molar-refractivity contribution in [2.24, 2.45) is 0 Å². The first-order valence-corrected chi connectivity index (χ1v) is 10.5. The van der Waals surface area contributed by atoms with Crippen LogP contribution < -0.4 is 14.7 Å². The van der Waals surface area contributed by atoms with Crippen LogP contribution in [0.4, 0.5) is 30.4 Å². The summed E-state index contributed by atoms with van der Waals surface area (Å²) in [5.41, 5.74) is 1.38. The number of amides is 2. The van der Waals surface area contributed by atoms with Gasteiger partial charge in [-0.25, -0.2) is 4.98 Å². The fourth-order valence-corrected chi connectivity index (χ4v) is 4.16. The zero-order valence-corrected chi connectivity index (χ0v) is 19.0. The molecule has 0 spiro atoms. The van der Waals surface area contributed by atoms with Gasteiger partial charge in [0.15, 0.2) is 0 Å². The Hall–Kier alpha value is -3.14. The van der Waals surface area contributed by atoms with Crippen LogP contribution in [0.1, 0.15) is 29.7 Å². The molecule has 1 aromatic heterocycles. The number of pyridine rings is 1. The Morgan fingerprint density at radius 1 is 1.24 bits per heavy atom. The van der Waals surface area contributed by atoms with Crippen molar-refractivity contribution in [3.05, 3.63) is 47.2 Å². The summed E-state index contributed by atoms with van der Waals surface area (Å²) in [6.45, 7) is 3.57. The lowest BCUT2D eigenvalue weighted by Gasteiger charge is -2.31. The van der Waals surface area contributed by atoms with Crippen LogP contribution in [-0.2, 0) is 15.8 Å². The van der Waals surface area contributed by atoms with Crippen molar-refractivity contribution in [1.82, 2.24) is 4.98 Å². The van der Waals surface area contributed by atoms with Crippen molar-refractivity contribution in [3.8, 4) is 0 Å². The molecule has 3 rings (SSSR count). The lowest BCUT2D eigenvalue weighted by molar-refractivity contribution is -0.137. The SMILES string of the molecule is Cc1cc(C(F)(F)F)cc(N2C(=O)CC[C@H]2C(=O)N(C)c2cccc(C)c2N(C)CCO)n1. The van der Waals surface area contributed by atoms with Gasteiger partial charge < -0.3 is 14.9 Å². The van der Waals surface area contributed by atoms with Crippen molar-refractivity contribution in [2.75, 3.05) is 41.9 Å². The Kier molecular flexibility index (Phi) is 6.97. The van der Waals surface area contributed by atoms with E-state index in [1.165, 1.54) is 11.8 Å². The van der Waals surface area contributed by atoms with Crippen LogP contribution in [0.3, 0.4) is 0 Å². The number of halogens is 3. The van der Waals surface area contributed by atoms with E-state index in [2.05, 4.69) is 4.98 Å². The number of aliphatic hydroxyl groups is 1. The third kappa shape index (κ3) is 4.95. The van der Waals surface area contributed by atoms with Gasteiger partial charge in [-0.3, -0.25) is 14.5 Å². The molecule has 178 valence electrons. The Bertz CT molecular complexity index is 1060. The van der Waals surface area contributed by atoms with Gasteiger partial charge in [0.25, 0.3) is 0 Å². The maximum Gasteiger partial charge on any atom is 0.416 e. The smallest absolute Gasteiger partial charge is 0.395 e. The van der Waals surface area contributed by atoms with Gasteiger partial charge in [-0.1, -0.05) is 12.1 Å². The highest BCUT2D eigenvalue weighted by Crippen LogP contribution is 2.36. The van der Waals surface area contributed by atoms with Gasteiger partial charge >= 0.3 is 6.18 Å². The molecule has 1 saturated heterocycles. The highest BCUT2D eigenvalue weighted by atomic mass is 19.4. The van der Waals surface area contributed by atoms with Gasteiger partial charge in [0.05, 0.1) is 23.5 Å². The number of aryl methyl sites for hydroxylation is 2. The van der Waals surface area contributed by atoms with E-state index in [-0.39, 0.29) is 31.0 Å². The highest BCUT2D eigenvalue weighted by Gasteiger charge is 2.41. The van der Waals surface area contributed by atoms with E-state index in [0.29, 0.717) is 12.2 Å². The fourth-order valence-electron chi connectivity index (χ4n) is 4.16. The number of nitrogens with zero attached hydrogens (tertiary/aromatic N) is 4. The summed E-state index contributed by atoms with van der Waals surface area (Å²) < 4.78 is 40.0. The first-order valence-electron chi connectivity index (χ1n) is 10.5. The van der Waals surface area contributed by atoms with Gasteiger partial charge in [-0.05, 0) is 44.0 Å². The van der Waals surface area contributed by atoms with Crippen LogP contribution in [0.5, 0.6) is 0 Å². The normalized spacial score (nSPS) is 16.3. The Morgan fingerprint density at radius 3 is 2.58 bits per heavy atom. The van der Waals surface area contributed by atoms with E-state index in [0.717, 1.165) is 28.3 Å². The molecular weight excluding hydrogens is 437 g/mol. The molecule has 2 amide bonds. The molecule has 2 aromatic rings. The molecule has 10 heteroatoms. The van der Waals surface area contributed by atoms with Gasteiger partial charge in [0.1, 0.15) is 11.9 Å². The second kappa shape index (κ2) is 9.38. The average Bonchev–Trinajstić information content (AvgIpc) is 3.12. The van der Waals surface area contributed by atoms with Gasteiger partial charge in [-0.15, -0.1) is 0 Å². The Balaban J connectivity index is 1.99. The minimum absolute atomic E-state index is 0.0340. The van der Waals surface area contributed by atoms with Crippen LogP contribution in [0.2, 0.25) is 0 Å². The van der Waals surface area contributed by atoms with Crippen molar-refractivity contribution >= 4 is 29.0 Å². The molecule has 1 N–H and O–H groups in total. The topological polar surface area (TPSA) is 77.0 Å². The number of aliphatic hydroxyl groups excluding tert-OH is 1. The van der Waals surface area contributed by atoms with Crippen molar-refractivity contribution in [3.63, 3.8) is 0 Å². The summed E-state index contributed by atoms with van der Waals surface area (Å²) in [7, 11) is 3.36. The molecule has 1 aliphatic heterocycles. The number of para-hydroxylation sites is 1. The lowest BCUT2D eigenvalue weighted by Crippen LogP contribution is -2.46. The largest absolute Gasteiger partial charge is 0.416 e. The molecule has 1 aromatic carbocycles. The maximum absolute atomic E-state index is 13.5. The summed E-state index contributed by atoms with van der Waals surface area (Å²) in [4.78, 5) is 34.6. The third-order valence-electron chi connectivity index (χ3n) is 5.74.